The monoisotopic (exact) mass is 314 g/mol. The largest absolute Gasteiger partial charge is 0.489 e. The van der Waals surface area contributed by atoms with Crippen molar-refractivity contribution in [1.29, 1.82) is 0 Å². The summed E-state index contributed by atoms with van der Waals surface area (Å²) in [5.74, 6) is 0.640. The van der Waals surface area contributed by atoms with Gasteiger partial charge in [-0.05, 0) is 19.0 Å². The fourth-order valence-corrected chi connectivity index (χ4v) is 3.82. The van der Waals surface area contributed by atoms with Crippen LogP contribution in [-0.4, -0.2) is 37.5 Å². The van der Waals surface area contributed by atoms with Crippen molar-refractivity contribution in [3.05, 3.63) is 33.9 Å². The zero-order chi connectivity index (χ0) is 15.5. The van der Waals surface area contributed by atoms with E-state index in [2.05, 4.69) is 5.32 Å². The molecule has 1 aliphatic rings. The molecule has 0 radical (unpaired) electrons. The van der Waals surface area contributed by atoms with E-state index in [0.717, 1.165) is 6.54 Å². The highest BCUT2D eigenvalue weighted by molar-refractivity contribution is 7.91. The summed E-state index contributed by atoms with van der Waals surface area (Å²) in [5, 5.41) is 13.9. The average molecular weight is 314 g/mol. The number of hydrogen-bond acceptors (Lipinski definition) is 6. The molecule has 1 saturated heterocycles. The van der Waals surface area contributed by atoms with Crippen molar-refractivity contribution in [2.75, 3.05) is 18.1 Å². The van der Waals surface area contributed by atoms with Crippen LogP contribution in [0.5, 0.6) is 5.75 Å². The third-order valence-electron chi connectivity index (χ3n) is 3.30. The van der Waals surface area contributed by atoms with Crippen LogP contribution in [0.4, 0.5) is 5.69 Å². The third kappa shape index (κ3) is 4.15. The third-order valence-corrected chi connectivity index (χ3v) is 5.04. The number of hydrogen-bond donors (Lipinski definition) is 1. The number of nitrogens with zero attached hydrogens (tertiary/aromatic N) is 1. The van der Waals surface area contributed by atoms with Gasteiger partial charge in [0.05, 0.1) is 16.4 Å². The summed E-state index contributed by atoms with van der Waals surface area (Å²) in [5.41, 5.74) is 0.657. The van der Waals surface area contributed by atoms with Crippen molar-refractivity contribution in [1.82, 2.24) is 5.32 Å². The van der Waals surface area contributed by atoms with Gasteiger partial charge in [-0.2, -0.15) is 0 Å². The fourth-order valence-electron chi connectivity index (χ4n) is 2.23. The molecular weight excluding hydrogens is 296 g/mol. The molecule has 0 bridgehead atoms. The van der Waals surface area contributed by atoms with Crippen LogP contribution in [0.25, 0.3) is 0 Å². The molecule has 1 atom stereocenters. The van der Waals surface area contributed by atoms with E-state index in [4.69, 9.17) is 4.74 Å². The maximum atomic E-state index is 11.4. The van der Waals surface area contributed by atoms with Crippen LogP contribution >= 0.6 is 0 Å². The highest BCUT2D eigenvalue weighted by atomic mass is 32.2. The number of nitro benzene ring substituents is 1. The molecule has 8 heteroatoms. The standard InChI is InChI=1S/C13H18N2O5S/c1-2-14-8-10-7-11(15(16)17)3-4-13(10)20-12-5-6-21(18,19)9-12/h3-4,7,12,14H,2,5-6,8-9H2,1H3. The van der Waals surface area contributed by atoms with E-state index in [-0.39, 0.29) is 23.3 Å². The predicted octanol–water partition coefficient (Wildman–Crippen LogP) is 1.27. The average Bonchev–Trinajstić information content (AvgIpc) is 2.76. The predicted molar refractivity (Wildman–Crippen MR) is 78.2 cm³/mol. The Morgan fingerprint density at radius 2 is 2.24 bits per heavy atom. The Bertz CT molecular complexity index is 629. The molecule has 21 heavy (non-hydrogen) atoms. The van der Waals surface area contributed by atoms with Crippen LogP contribution in [0.1, 0.15) is 18.9 Å². The number of non-ortho nitro benzene ring substituents is 1. The Kier molecular flexibility index (Phi) is 4.79. The van der Waals surface area contributed by atoms with Crippen molar-refractivity contribution < 1.29 is 18.1 Å². The number of benzene rings is 1. The van der Waals surface area contributed by atoms with Crippen LogP contribution in [-0.2, 0) is 16.4 Å². The molecule has 0 amide bonds. The second kappa shape index (κ2) is 6.40. The first-order chi connectivity index (χ1) is 9.91. The van der Waals surface area contributed by atoms with E-state index in [1.807, 2.05) is 6.92 Å². The van der Waals surface area contributed by atoms with Crippen LogP contribution in [0.15, 0.2) is 18.2 Å². The number of sulfone groups is 1. The summed E-state index contributed by atoms with van der Waals surface area (Å²) in [6.07, 6.45) is 0.0804. The minimum absolute atomic E-state index is 0.00460. The van der Waals surface area contributed by atoms with Gasteiger partial charge in [0.2, 0.25) is 0 Å². The van der Waals surface area contributed by atoms with E-state index in [0.29, 0.717) is 24.3 Å². The molecule has 0 aromatic heterocycles. The van der Waals surface area contributed by atoms with Gasteiger partial charge in [0.1, 0.15) is 11.9 Å². The van der Waals surface area contributed by atoms with Crippen molar-refractivity contribution in [2.45, 2.75) is 26.0 Å². The lowest BCUT2D eigenvalue weighted by Gasteiger charge is -2.16. The molecule has 1 aromatic carbocycles. The van der Waals surface area contributed by atoms with E-state index < -0.39 is 14.8 Å². The molecule has 7 nitrogen and oxygen atoms in total. The Balaban J connectivity index is 2.19. The fraction of sp³-hybridized carbons (Fsp3) is 0.538. The van der Waals surface area contributed by atoms with Gasteiger partial charge in [0.15, 0.2) is 9.84 Å². The van der Waals surface area contributed by atoms with Crippen LogP contribution in [0, 0.1) is 10.1 Å². The van der Waals surface area contributed by atoms with Gasteiger partial charge in [-0.15, -0.1) is 0 Å². The van der Waals surface area contributed by atoms with Crippen molar-refractivity contribution in [3.8, 4) is 5.75 Å². The molecule has 0 aliphatic carbocycles. The minimum atomic E-state index is -3.02. The lowest BCUT2D eigenvalue weighted by atomic mass is 10.1. The highest BCUT2D eigenvalue weighted by Gasteiger charge is 2.30. The highest BCUT2D eigenvalue weighted by Crippen LogP contribution is 2.27. The smallest absolute Gasteiger partial charge is 0.270 e. The first-order valence-corrected chi connectivity index (χ1v) is 8.58. The van der Waals surface area contributed by atoms with Gasteiger partial charge in [0, 0.05) is 24.2 Å². The van der Waals surface area contributed by atoms with Gasteiger partial charge in [-0.25, -0.2) is 8.42 Å². The second-order valence-corrected chi connectivity index (χ2v) is 7.20. The van der Waals surface area contributed by atoms with E-state index in [9.17, 15) is 18.5 Å². The topological polar surface area (TPSA) is 98.5 Å². The number of ether oxygens (including phenoxy) is 1. The molecule has 0 saturated carbocycles. The summed E-state index contributed by atoms with van der Waals surface area (Å²) in [6, 6.07) is 4.37. The zero-order valence-electron chi connectivity index (χ0n) is 11.7. The van der Waals surface area contributed by atoms with Crippen LogP contribution < -0.4 is 10.1 Å². The van der Waals surface area contributed by atoms with E-state index in [1.54, 1.807) is 0 Å². The molecule has 1 aromatic rings. The molecule has 1 unspecified atom stereocenters. The lowest BCUT2D eigenvalue weighted by molar-refractivity contribution is -0.384. The summed E-state index contributed by atoms with van der Waals surface area (Å²) in [7, 11) is -3.02. The lowest BCUT2D eigenvalue weighted by Crippen LogP contribution is -2.20. The minimum Gasteiger partial charge on any atom is -0.489 e. The van der Waals surface area contributed by atoms with Crippen molar-refractivity contribution in [2.24, 2.45) is 0 Å². The second-order valence-electron chi connectivity index (χ2n) is 4.97. The molecular formula is C13H18N2O5S. The molecule has 0 spiro atoms. The molecule has 1 N–H and O–H groups in total. The molecule has 1 heterocycles. The number of nitrogens with one attached hydrogen (secondary N) is 1. The Morgan fingerprint density at radius 1 is 1.48 bits per heavy atom. The summed E-state index contributed by atoms with van der Waals surface area (Å²) < 4.78 is 28.6. The quantitative estimate of drug-likeness (QED) is 0.627. The van der Waals surface area contributed by atoms with Gasteiger partial charge in [-0.1, -0.05) is 6.92 Å². The summed E-state index contributed by atoms with van der Waals surface area (Å²) in [4.78, 5) is 10.4. The summed E-state index contributed by atoms with van der Waals surface area (Å²) >= 11 is 0. The first-order valence-electron chi connectivity index (χ1n) is 6.76. The molecule has 1 aliphatic heterocycles. The van der Waals surface area contributed by atoms with Crippen molar-refractivity contribution in [3.63, 3.8) is 0 Å². The van der Waals surface area contributed by atoms with E-state index >= 15 is 0 Å². The van der Waals surface area contributed by atoms with Crippen LogP contribution in [0.3, 0.4) is 0 Å². The maximum absolute atomic E-state index is 11.4. The number of nitro groups is 1. The Morgan fingerprint density at radius 3 is 2.81 bits per heavy atom. The SMILES string of the molecule is CCNCc1cc([N+](=O)[O-])ccc1OC1CCS(=O)(=O)C1. The van der Waals surface area contributed by atoms with Gasteiger partial charge < -0.3 is 10.1 Å². The summed E-state index contributed by atoms with van der Waals surface area (Å²) in [6.45, 7) is 3.09. The molecule has 116 valence electrons. The van der Waals surface area contributed by atoms with Crippen LogP contribution in [0.2, 0.25) is 0 Å². The van der Waals surface area contributed by atoms with Crippen molar-refractivity contribution >= 4 is 15.5 Å². The zero-order valence-corrected chi connectivity index (χ0v) is 12.6. The maximum Gasteiger partial charge on any atom is 0.270 e. The van der Waals surface area contributed by atoms with Gasteiger partial charge >= 0.3 is 0 Å². The Hall–Kier alpha value is -1.67. The number of rotatable bonds is 6. The van der Waals surface area contributed by atoms with Gasteiger partial charge in [0.25, 0.3) is 5.69 Å². The first kappa shape index (κ1) is 15.7. The molecule has 2 rings (SSSR count). The normalized spacial score (nSPS) is 20.3. The van der Waals surface area contributed by atoms with Gasteiger partial charge in [-0.3, -0.25) is 10.1 Å². The molecule has 1 fully saturated rings. The van der Waals surface area contributed by atoms with E-state index in [1.165, 1.54) is 18.2 Å². The Labute approximate surface area is 123 Å².